The molecule has 4 unspecified atom stereocenters. The van der Waals surface area contributed by atoms with Crippen molar-refractivity contribution in [3.63, 3.8) is 0 Å². The van der Waals surface area contributed by atoms with E-state index in [1.165, 1.54) is 4.90 Å². The lowest BCUT2D eigenvalue weighted by atomic mass is 9.63. The maximum Gasteiger partial charge on any atom is 0.234 e. The van der Waals surface area contributed by atoms with Gasteiger partial charge in [0.1, 0.15) is 0 Å². The Balaban J connectivity index is 1.65. The summed E-state index contributed by atoms with van der Waals surface area (Å²) in [4.78, 5) is 26.8. The van der Waals surface area contributed by atoms with Crippen molar-refractivity contribution < 1.29 is 9.59 Å². The number of rotatable bonds is 2. The molecular formula is C17H18N2O2. The second kappa shape index (κ2) is 4.45. The van der Waals surface area contributed by atoms with Crippen molar-refractivity contribution >= 4 is 17.5 Å². The predicted octanol–water partition coefficient (Wildman–Crippen LogP) is 1.97. The maximum atomic E-state index is 12.7. The lowest BCUT2D eigenvalue weighted by Crippen LogP contribution is -2.38. The average molecular weight is 282 g/mol. The number of amides is 2. The van der Waals surface area contributed by atoms with Gasteiger partial charge in [-0.15, -0.1) is 0 Å². The highest BCUT2D eigenvalue weighted by Gasteiger charge is 2.56. The second-order valence-electron chi connectivity index (χ2n) is 6.30. The summed E-state index contributed by atoms with van der Waals surface area (Å²) in [5.41, 5.74) is 7.42. The van der Waals surface area contributed by atoms with Crippen LogP contribution < -0.4 is 5.73 Å². The minimum absolute atomic E-state index is 0.00713. The number of nitrogens with two attached hydrogens (primary N) is 1. The van der Waals surface area contributed by atoms with Gasteiger partial charge in [0.05, 0.1) is 18.4 Å². The number of nitrogens with zero attached hydrogens (tertiary/aromatic N) is 1. The minimum atomic E-state index is -0.133. The zero-order valence-electron chi connectivity index (χ0n) is 11.7. The number of allylic oxidation sites excluding steroid dienone is 2. The van der Waals surface area contributed by atoms with E-state index in [-0.39, 0.29) is 35.5 Å². The monoisotopic (exact) mass is 282 g/mol. The van der Waals surface area contributed by atoms with Gasteiger partial charge < -0.3 is 5.73 Å². The molecule has 1 heterocycles. The van der Waals surface area contributed by atoms with Gasteiger partial charge >= 0.3 is 0 Å². The predicted molar refractivity (Wildman–Crippen MR) is 78.7 cm³/mol. The molecule has 2 fully saturated rings. The largest absolute Gasteiger partial charge is 0.398 e. The zero-order chi connectivity index (χ0) is 14.6. The Kier molecular flexibility index (Phi) is 2.67. The van der Waals surface area contributed by atoms with Crippen molar-refractivity contribution in [2.45, 2.75) is 19.4 Å². The van der Waals surface area contributed by atoms with Crippen molar-refractivity contribution in [1.29, 1.82) is 0 Å². The summed E-state index contributed by atoms with van der Waals surface area (Å²) in [5.74, 6) is 0.209. The molecule has 2 N–H and O–H groups in total. The molecule has 4 aliphatic rings. The number of fused-ring (bicyclic) bond motifs is 1. The highest BCUT2D eigenvalue weighted by molar-refractivity contribution is 6.06. The third-order valence-corrected chi connectivity index (χ3v) is 5.23. The fraction of sp³-hybridized carbons (Fsp3) is 0.412. The number of benzene rings is 1. The SMILES string of the molecule is Nc1ccccc1CN1C(=O)C2C3C=CC(CC3)C2C1=O. The smallest absolute Gasteiger partial charge is 0.234 e. The molecule has 4 nitrogen and oxygen atoms in total. The fourth-order valence-electron chi connectivity index (χ4n) is 4.14. The molecule has 1 aromatic carbocycles. The number of anilines is 1. The molecular weight excluding hydrogens is 264 g/mol. The van der Waals surface area contributed by atoms with Gasteiger partial charge in [-0.3, -0.25) is 14.5 Å². The van der Waals surface area contributed by atoms with Crippen molar-refractivity contribution in [3.05, 3.63) is 42.0 Å². The number of imide groups is 1. The molecule has 108 valence electrons. The molecule has 2 amide bonds. The van der Waals surface area contributed by atoms with Gasteiger partial charge in [0.2, 0.25) is 11.8 Å². The maximum absolute atomic E-state index is 12.7. The van der Waals surface area contributed by atoms with E-state index in [9.17, 15) is 9.59 Å². The molecule has 1 aliphatic heterocycles. The number of hydrogen-bond donors (Lipinski definition) is 1. The van der Waals surface area contributed by atoms with Crippen molar-refractivity contribution in [2.24, 2.45) is 23.7 Å². The first-order chi connectivity index (χ1) is 10.2. The summed E-state index contributed by atoms with van der Waals surface area (Å²) in [5, 5.41) is 0. The van der Waals surface area contributed by atoms with Gasteiger partial charge in [-0.1, -0.05) is 30.4 Å². The third-order valence-electron chi connectivity index (χ3n) is 5.23. The Hall–Kier alpha value is -2.10. The van der Waals surface area contributed by atoms with Crippen LogP contribution in [0, 0.1) is 23.7 Å². The van der Waals surface area contributed by atoms with Gasteiger partial charge in [-0.05, 0) is 36.3 Å². The summed E-state index contributed by atoms with van der Waals surface area (Å²) in [6.07, 6.45) is 6.34. The topological polar surface area (TPSA) is 63.4 Å². The summed E-state index contributed by atoms with van der Waals surface area (Å²) < 4.78 is 0. The average Bonchev–Trinajstić information content (AvgIpc) is 2.78. The normalized spacial score (nSPS) is 33.6. The Morgan fingerprint density at radius 3 is 2.10 bits per heavy atom. The van der Waals surface area contributed by atoms with E-state index >= 15 is 0 Å². The Labute approximate surface area is 123 Å². The van der Waals surface area contributed by atoms with E-state index in [1.54, 1.807) is 6.07 Å². The molecule has 0 radical (unpaired) electrons. The molecule has 4 heteroatoms. The molecule has 0 spiro atoms. The van der Waals surface area contributed by atoms with E-state index in [4.69, 9.17) is 5.73 Å². The van der Waals surface area contributed by atoms with E-state index in [2.05, 4.69) is 12.2 Å². The van der Waals surface area contributed by atoms with Crippen LogP contribution in [0.3, 0.4) is 0 Å². The standard InChI is InChI=1S/C17H18N2O2/c18-13-4-2-1-3-12(13)9-19-16(20)14-10-5-6-11(8-7-10)15(14)17(19)21/h1-6,10-11,14-15H,7-9,18H2. The molecule has 0 aromatic heterocycles. The molecule has 3 aliphatic carbocycles. The quantitative estimate of drug-likeness (QED) is 0.512. The lowest BCUT2D eigenvalue weighted by molar-refractivity contribution is -0.140. The highest BCUT2D eigenvalue weighted by atomic mass is 16.2. The first-order valence-electron chi connectivity index (χ1n) is 7.54. The third kappa shape index (κ3) is 1.75. The van der Waals surface area contributed by atoms with Crippen LogP contribution in [0.15, 0.2) is 36.4 Å². The highest BCUT2D eigenvalue weighted by Crippen LogP contribution is 2.49. The van der Waals surface area contributed by atoms with Crippen LogP contribution in [0.1, 0.15) is 18.4 Å². The van der Waals surface area contributed by atoms with E-state index < -0.39 is 0 Å². The van der Waals surface area contributed by atoms with E-state index in [0.29, 0.717) is 12.2 Å². The Morgan fingerprint density at radius 1 is 1.00 bits per heavy atom. The van der Waals surface area contributed by atoms with Crippen molar-refractivity contribution in [1.82, 2.24) is 4.90 Å². The molecule has 5 rings (SSSR count). The van der Waals surface area contributed by atoms with Gasteiger partial charge in [0, 0.05) is 5.69 Å². The summed E-state index contributed by atoms with van der Waals surface area (Å²) in [6.45, 7) is 0.302. The number of carbonyl (C=O) groups excluding carboxylic acids is 2. The summed E-state index contributed by atoms with van der Waals surface area (Å²) in [7, 11) is 0. The second-order valence-corrected chi connectivity index (χ2v) is 6.30. The van der Waals surface area contributed by atoms with Crippen LogP contribution in [-0.2, 0) is 16.1 Å². The van der Waals surface area contributed by atoms with Gasteiger partial charge in [0.25, 0.3) is 0 Å². The van der Waals surface area contributed by atoms with Crippen LogP contribution in [0.25, 0.3) is 0 Å². The van der Waals surface area contributed by atoms with Crippen LogP contribution >= 0.6 is 0 Å². The summed E-state index contributed by atoms with van der Waals surface area (Å²) >= 11 is 0. The lowest BCUT2D eigenvalue weighted by Gasteiger charge is -2.38. The first-order valence-corrected chi connectivity index (χ1v) is 7.54. The van der Waals surface area contributed by atoms with Crippen molar-refractivity contribution in [2.75, 3.05) is 5.73 Å². The number of nitrogen functional groups attached to an aromatic ring is 1. The number of likely N-dealkylation sites (tertiary alicyclic amines) is 1. The summed E-state index contributed by atoms with van der Waals surface area (Å²) in [6, 6.07) is 7.43. The molecule has 21 heavy (non-hydrogen) atoms. The van der Waals surface area contributed by atoms with E-state index in [1.807, 2.05) is 18.2 Å². The zero-order valence-corrected chi connectivity index (χ0v) is 11.7. The number of para-hydroxylation sites is 1. The van der Waals surface area contributed by atoms with Gasteiger partial charge in [-0.25, -0.2) is 0 Å². The number of hydrogen-bond acceptors (Lipinski definition) is 3. The van der Waals surface area contributed by atoms with Crippen LogP contribution in [-0.4, -0.2) is 16.7 Å². The molecule has 1 saturated carbocycles. The molecule has 4 atom stereocenters. The Bertz CT molecular complexity index is 620. The fourth-order valence-corrected chi connectivity index (χ4v) is 4.14. The minimum Gasteiger partial charge on any atom is -0.398 e. The van der Waals surface area contributed by atoms with Crippen LogP contribution in [0.2, 0.25) is 0 Å². The number of carbonyl (C=O) groups is 2. The van der Waals surface area contributed by atoms with Crippen LogP contribution in [0.5, 0.6) is 0 Å². The van der Waals surface area contributed by atoms with Gasteiger partial charge in [-0.2, -0.15) is 0 Å². The van der Waals surface area contributed by atoms with Gasteiger partial charge in [0.15, 0.2) is 0 Å². The molecule has 1 saturated heterocycles. The van der Waals surface area contributed by atoms with E-state index in [0.717, 1.165) is 18.4 Å². The van der Waals surface area contributed by atoms with Crippen molar-refractivity contribution in [3.8, 4) is 0 Å². The molecule has 1 aromatic rings. The Morgan fingerprint density at radius 2 is 1.57 bits per heavy atom. The first kappa shape index (κ1) is 12.6. The molecule has 2 bridgehead atoms. The van der Waals surface area contributed by atoms with Crippen LogP contribution in [0.4, 0.5) is 5.69 Å².